The first kappa shape index (κ1) is 13.7. The fourth-order valence-electron chi connectivity index (χ4n) is 1.59. The topological polar surface area (TPSA) is 67.6 Å². The van der Waals surface area contributed by atoms with Crippen molar-refractivity contribution in [2.45, 2.75) is 19.5 Å². The zero-order valence-electron chi connectivity index (χ0n) is 10.7. The number of nitrogens with zero attached hydrogens (tertiary/aromatic N) is 3. The van der Waals surface area contributed by atoms with Gasteiger partial charge in [-0.05, 0) is 14.0 Å². The van der Waals surface area contributed by atoms with Crippen molar-refractivity contribution in [2.75, 3.05) is 20.8 Å². The number of aromatic nitrogens is 2. The van der Waals surface area contributed by atoms with Crippen molar-refractivity contribution in [3.05, 3.63) is 17.5 Å². The van der Waals surface area contributed by atoms with E-state index in [-0.39, 0.29) is 11.6 Å². The molecule has 1 heterocycles. The van der Waals surface area contributed by atoms with Crippen LogP contribution in [-0.2, 0) is 18.3 Å². The van der Waals surface area contributed by atoms with Crippen molar-refractivity contribution in [1.82, 2.24) is 14.7 Å². The molecule has 17 heavy (non-hydrogen) atoms. The van der Waals surface area contributed by atoms with Crippen molar-refractivity contribution < 1.29 is 14.6 Å². The molecule has 1 atom stereocenters. The number of ether oxygens (including phenoxy) is 1. The SMILES string of the molecule is COCC(C)N(C)Cc1c(C(=O)O)cnn1C. The zero-order valence-corrected chi connectivity index (χ0v) is 10.7. The van der Waals surface area contributed by atoms with Crippen LogP contribution in [0, 0.1) is 0 Å². The molecule has 0 aliphatic rings. The molecule has 6 nitrogen and oxygen atoms in total. The van der Waals surface area contributed by atoms with Crippen LogP contribution in [0.4, 0.5) is 0 Å². The highest BCUT2D eigenvalue weighted by Gasteiger charge is 2.18. The van der Waals surface area contributed by atoms with Gasteiger partial charge in [-0.3, -0.25) is 9.58 Å². The molecule has 0 spiro atoms. The number of likely N-dealkylation sites (N-methyl/N-ethyl adjacent to an activating group) is 1. The lowest BCUT2D eigenvalue weighted by Gasteiger charge is -2.24. The Labute approximate surface area is 101 Å². The molecule has 0 aliphatic heterocycles. The van der Waals surface area contributed by atoms with E-state index in [1.54, 1.807) is 18.8 Å². The Morgan fingerprint density at radius 1 is 1.71 bits per heavy atom. The predicted molar refractivity (Wildman–Crippen MR) is 63.0 cm³/mol. The smallest absolute Gasteiger partial charge is 0.339 e. The molecule has 1 N–H and O–H groups in total. The van der Waals surface area contributed by atoms with E-state index in [9.17, 15) is 4.79 Å². The molecule has 1 unspecified atom stereocenters. The van der Waals surface area contributed by atoms with Gasteiger partial charge in [0.2, 0.25) is 0 Å². The lowest BCUT2D eigenvalue weighted by Crippen LogP contribution is -2.33. The first-order chi connectivity index (χ1) is 7.97. The van der Waals surface area contributed by atoms with Gasteiger partial charge in [-0.1, -0.05) is 0 Å². The standard InChI is InChI=1S/C11H19N3O3/c1-8(7-17-4)13(2)6-10-9(11(15)16)5-12-14(10)3/h5,8H,6-7H2,1-4H3,(H,15,16). The normalized spacial score (nSPS) is 13.0. The van der Waals surface area contributed by atoms with Gasteiger partial charge >= 0.3 is 5.97 Å². The van der Waals surface area contributed by atoms with E-state index in [0.717, 1.165) is 0 Å². The summed E-state index contributed by atoms with van der Waals surface area (Å²) in [5.74, 6) is -0.944. The fraction of sp³-hybridized carbons (Fsp3) is 0.636. The summed E-state index contributed by atoms with van der Waals surface area (Å²) in [7, 11) is 5.33. The van der Waals surface area contributed by atoms with E-state index in [1.165, 1.54) is 6.20 Å². The monoisotopic (exact) mass is 241 g/mol. The maximum atomic E-state index is 11.0. The molecule has 96 valence electrons. The zero-order chi connectivity index (χ0) is 13.0. The molecule has 0 saturated carbocycles. The van der Waals surface area contributed by atoms with Gasteiger partial charge in [0.25, 0.3) is 0 Å². The van der Waals surface area contributed by atoms with Gasteiger partial charge in [0, 0.05) is 26.7 Å². The highest BCUT2D eigenvalue weighted by atomic mass is 16.5. The molecule has 0 aromatic carbocycles. The van der Waals surface area contributed by atoms with E-state index in [4.69, 9.17) is 9.84 Å². The van der Waals surface area contributed by atoms with Crippen LogP contribution < -0.4 is 0 Å². The van der Waals surface area contributed by atoms with Crippen LogP contribution >= 0.6 is 0 Å². The highest BCUT2D eigenvalue weighted by molar-refractivity contribution is 5.88. The lowest BCUT2D eigenvalue weighted by atomic mass is 10.2. The average molecular weight is 241 g/mol. The first-order valence-electron chi connectivity index (χ1n) is 5.40. The van der Waals surface area contributed by atoms with E-state index >= 15 is 0 Å². The van der Waals surface area contributed by atoms with Crippen LogP contribution in [0.1, 0.15) is 23.0 Å². The second-order valence-corrected chi connectivity index (χ2v) is 4.15. The minimum Gasteiger partial charge on any atom is -0.478 e. The Morgan fingerprint density at radius 2 is 2.35 bits per heavy atom. The fourth-order valence-corrected chi connectivity index (χ4v) is 1.59. The van der Waals surface area contributed by atoms with Crippen LogP contribution in [0.2, 0.25) is 0 Å². The van der Waals surface area contributed by atoms with Gasteiger partial charge < -0.3 is 9.84 Å². The van der Waals surface area contributed by atoms with Gasteiger partial charge in [-0.2, -0.15) is 5.10 Å². The van der Waals surface area contributed by atoms with Gasteiger partial charge in [-0.25, -0.2) is 4.79 Å². The quantitative estimate of drug-likeness (QED) is 0.789. The molecule has 0 saturated heterocycles. The third kappa shape index (κ3) is 3.28. The number of carboxylic acid groups (broad SMARTS) is 1. The van der Waals surface area contributed by atoms with Crippen LogP contribution in [0.15, 0.2) is 6.20 Å². The molecular formula is C11H19N3O3. The van der Waals surface area contributed by atoms with Gasteiger partial charge in [0.05, 0.1) is 18.5 Å². The number of methoxy groups -OCH3 is 1. The molecule has 1 aromatic heterocycles. The van der Waals surface area contributed by atoms with Crippen molar-refractivity contribution in [1.29, 1.82) is 0 Å². The minimum atomic E-state index is -0.944. The Bertz CT molecular complexity index is 389. The summed E-state index contributed by atoms with van der Waals surface area (Å²) in [6.07, 6.45) is 1.38. The van der Waals surface area contributed by atoms with Crippen LogP contribution in [-0.4, -0.2) is 52.6 Å². The maximum Gasteiger partial charge on any atom is 0.339 e. The van der Waals surface area contributed by atoms with Gasteiger partial charge in [-0.15, -0.1) is 0 Å². The molecule has 0 bridgehead atoms. The minimum absolute atomic E-state index is 0.219. The molecule has 6 heteroatoms. The molecule has 0 radical (unpaired) electrons. The largest absolute Gasteiger partial charge is 0.478 e. The summed E-state index contributed by atoms with van der Waals surface area (Å²) in [5.41, 5.74) is 0.951. The summed E-state index contributed by atoms with van der Waals surface area (Å²) in [6.45, 7) is 3.17. The molecular weight excluding hydrogens is 222 g/mol. The molecule has 1 rings (SSSR count). The second kappa shape index (κ2) is 5.79. The number of carbonyl (C=O) groups is 1. The third-order valence-electron chi connectivity index (χ3n) is 2.85. The van der Waals surface area contributed by atoms with Gasteiger partial charge in [0.1, 0.15) is 5.56 Å². The molecule has 1 aromatic rings. The Kier molecular flexibility index (Phi) is 4.65. The van der Waals surface area contributed by atoms with Crippen molar-refractivity contribution >= 4 is 5.97 Å². The lowest BCUT2D eigenvalue weighted by molar-refractivity contribution is 0.0692. The number of rotatable bonds is 6. The van der Waals surface area contributed by atoms with Crippen molar-refractivity contribution in [3.63, 3.8) is 0 Å². The molecule has 0 aliphatic carbocycles. The Morgan fingerprint density at radius 3 is 2.88 bits per heavy atom. The van der Waals surface area contributed by atoms with Gasteiger partial charge in [0.15, 0.2) is 0 Å². The first-order valence-corrected chi connectivity index (χ1v) is 5.40. The maximum absolute atomic E-state index is 11.0. The summed E-state index contributed by atoms with van der Waals surface area (Å²) in [6, 6.07) is 0.219. The van der Waals surface area contributed by atoms with E-state index in [0.29, 0.717) is 18.8 Å². The van der Waals surface area contributed by atoms with Crippen LogP contribution in [0.25, 0.3) is 0 Å². The summed E-state index contributed by atoms with van der Waals surface area (Å²) >= 11 is 0. The van der Waals surface area contributed by atoms with E-state index < -0.39 is 5.97 Å². The summed E-state index contributed by atoms with van der Waals surface area (Å²) in [5, 5.41) is 13.0. The van der Waals surface area contributed by atoms with Crippen LogP contribution in [0.5, 0.6) is 0 Å². The Hall–Kier alpha value is -1.40. The number of aromatic carboxylic acids is 1. The second-order valence-electron chi connectivity index (χ2n) is 4.15. The third-order valence-corrected chi connectivity index (χ3v) is 2.85. The highest BCUT2D eigenvalue weighted by Crippen LogP contribution is 2.11. The number of hydrogen-bond donors (Lipinski definition) is 1. The van der Waals surface area contributed by atoms with Crippen LogP contribution in [0.3, 0.4) is 0 Å². The number of hydrogen-bond acceptors (Lipinski definition) is 4. The predicted octanol–water partition coefficient (Wildman–Crippen LogP) is 0.585. The number of carboxylic acids is 1. The van der Waals surface area contributed by atoms with E-state index in [1.807, 2.05) is 18.9 Å². The van der Waals surface area contributed by atoms with E-state index in [2.05, 4.69) is 5.10 Å². The summed E-state index contributed by atoms with van der Waals surface area (Å²) in [4.78, 5) is 13.1. The number of aryl methyl sites for hydroxylation is 1. The summed E-state index contributed by atoms with van der Waals surface area (Å²) < 4.78 is 6.67. The molecule has 0 fully saturated rings. The van der Waals surface area contributed by atoms with Crippen molar-refractivity contribution in [3.8, 4) is 0 Å². The van der Waals surface area contributed by atoms with Crippen molar-refractivity contribution in [2.24, 2.45) is 7.05 Å². The Balaban J connectivity index is 2.80. The molecule has 0 amide bonds. The average Bonchev–Trinajstić information content (AvgIpc) is 2.61.